The number of rotatable bonds is 3. The van der Waals surface area contributed by atoms with Crippen LogP contribution in [0, 0.1) is 11.3 Å². The first-order valence-corrected chi connectivity index (χ1v) is 8.97. The highest BCUT2D eigenvalue weighted by Crippen LogP contribution is 2.32. The van der Waals surface area contributed by atoms with Gasteiger partial charge in [-0.1, -0.05) is 30.0 Å². The molecule has 2 heterocycles. The number of nitrogens with zero attached hydrogens (tertiary/aromatic N) is 3. The molecule has 2 aromatic rings. The van der Waals surface area contributed by atoms with Gasteiger partial charge in [-0.15, -0.1) is 0 Å². The van der Waals surface area contributed by atoms with Gasteiger partial charge in [0.25, 0.3) is 5.56 Å². The number of H-pyrrole nitrogens is 1. The summed E-state index contributed by atoms with van der Waals surface area (Å²) in [7, 11) is 0. The van der Waals surface area contributed by atoms with Gasteiger partial charge >= 0.3 is 0 Å². The van der Waals surface area contributed by atoms with Crippen molar-refractivity contribution in [1.29, 1.82) is 5.26 Å². The number of anilines is 1. The molecular weight excluding hydrogens is 324 g/mol. The lowest BCUT2D eigenvalue weighted by Crippen LogP contribution is -2.36. The Morgan fingerprint density at radius 2 is 2.08 bits per heavy atom. The van der Waals surface area contributed by atoms with Crippen molar-refractivity contribution >= 4 is 17.4 Å². The molecule has 0 atom stereocenters. The number of benzene rings is 1. The lowest BCUT2D eigenvalue weighted by atomic mass is 10.0. The van der Waals surface area contributed by atoms with Gasteiger partial charge in [0.15, 0.2) is 5.16 Å². The van der Waals surface area contributed by atoms with Crippen LogP contribution in [0.25, 0.3) is 11.3 Å². The fourth-order valence-corrected chi connectivity index (χ4v) is 3.28. The van der Waals surface area contributed by atoms with Crippen molar-refractivity contribution in [3.63, 3.8) is 0 Å². The molecule has 0 bridgehead atoms. The highest BCUT2D eigenvalue weighted by molar-refractivity contribution is 7.98. The molecule has 124 valence electrons. The first-order chi connectivity index (χ1) is 11.6. The number of nitriles is 1. The summed E-state index contributed by atoms with van der Waals surface area (Å²) in [6, 6.07) is 9.63. The van der Waals surface area contributed by atoms with Crippen LogP contribution in [0.4, 0.5) is 5.69 Å². The van der Waals surface area contributed by atoms with Crippen LogP contribution in [0.2, 0.25) is 0 Å². The summed E-state index contributed by atoms with van der Waals surface area (Å²) in [6.45, 7) is 1.47. The van der Waals surface area contributed by atoms with E-state index in [0.29, 0.717) is 23.7 Å². The number of hydrogen-bond donors (Lipinski definition) is 2. The Morgan fingerprint density at radius 3 is 2.75 bits per heavy atom. The van der Waals surface area contributed by atoms with Gasteiger partial charge in [0.1, 0.15) is 11.6 Å². The van der Waals surface area contributed by atoms with E-state index in [1.54, 1.807) is 0 Å². The largest absolute Gasteiger partial charge is 0.393 e. The molecule has 0 radical (unpaired) electrons. The summed E-state index contributed by atoms with van der Waals surface area (Å²) in [5.74, 6) is 0. The van der Waals surface area contributed by atoms with E-state index >= 15 is 0 Å². The number of piperidine rings is 1. The highest BCUT2D eigenvalue weighted by atomic mass is 32.2. The Kier molecular flexibility index (Phi) is 4.88. The fraction of sp³-hybridized carbons (Fsp3) is 0.353. The summed E-state index contributed by atoms with van der Waals surface area (Å²) in [6.07, 6.45) is 2.98. The number of aromatic amines is 1. The Hall–Kier alpha value is -2.30. The molecule has 7 heteroatoms. The number of aromatic nitrogens is 2. The Bertz CT molecular complexity index is 835. The molecule has 24 heavy (non-hydrogen) atoms. The molecular formula is C17H18N4O2S. The van der Waals surface area contributed by atoms with Crippen LogP contribution in [0.3, 0.4) is 0 Å². The van der Waals surface area contributed by atoms with E-state index in [1.807, 2.05) is 36.6 Å². The Morgan fingerprint density at radius 1 is 1.38 bits per heavy atom. The van der Waals surface area contributed by atoms with Gasteiger partial charge in [0.05, 0.1) is 11.8 Å². The van der Waals surface area contributed by atoms with Gasteiger partial charge in [0.2, 0.25) is 0 Å². The maximum atomic E-state index is 12.2. The summed E-state index contributed by atoms with van der Waals surface area (Å²) >= 11 is 1.33. The third-order valence-electron chi connectivity index (χ3n) is 4.17. The van der Waals surface area contributed by atoms with Gasteiger partial charge in [-0.3, -0.25) is 4.79 Å². The van der Waals surface area contributed by atoms with Crippen molar-refractivity contribution in [2.24, 2.45) is 0 Å². The van der Waals surface area contributed by atoms with Crippen molar-refractivity contribution in [1.82, 2.24) is 9.97 Å². The second-order valence-corrected chi connectivity index (χ2v) is 6.44. The van der Waals surface area contributed by atoms with Crippen molar-refractivity contribution in [3.8, 4) is 17.3 Å². The lowest BCUT2D eigenvalue weighted by Gasteiger charge is -2.32. The quantitative estimate of drug-likeness (QED) is 0.654. The standard InChI is InChI=1S/C17H18N4O2S/c1-24-17-19-15(13(10-18)16(23)20-17)12-4-2-3-5-14(12)21-8-6-11(22)7-9-21/h2-5,11,22H,6-9H2,1H3,(H,19,20,23). The minimum Gasteiger partial charge on any atom is -0.393 e. The van der Waals surface area contributed by atoms with Crippen molar-refractivity contribution in [2.75, 3.05) is 24.2 Å². The zero-order valence-electron chi connectivity index (χ0n) is 13.3. The molecule has 6 nitrogen and oxygen atoms in total. The van der Waals surface area contributed by atoms with Gasteiger partial charge in [-0.2, -0.15) is 5.26 Å². The summed E-state index contributed by atoms with van der Waals surface area (Å²) in [4.78, 5) is 21.4. The fourth-order valence-electron chi connectivity index (χ4n) is 2.90. The maximum Gasteiger partial charge on any atom is 0.270 e. The van der Waals surface area contributed by atoms with E-state index in [4.69, 9.17) is 0 Å². The third-order valence-corrected chi connectivity index (χ3v) is 4.75. The number of aliphatic hydroxyl groups is 1. The van der Waals surface area contributed by atoms with Crippen LogP contribution >= 0.6 is 11.8 Å². The van der Waals surface area contributed by atoms with Gasteiger partial charge in [-0.05, 0) is 25.2 Å². The molecule has 1 aromatic carbocycles. The molecule has 0 spiro atoms. The molecule has 0 saturated carbocycles. The normalized spacial score (nSPS) is 15.3. The molecule has 1 aliphatic heterocycles. The van der Waals surface area contributed by atoms with Crippen molar-refractivity contribution < 1.29 is 5.11 Å². The molecule has 0 unspecified atom stereocenters. The minimum absolute atomic E-state index is 0.0253. The van der Waals surface area contributed by atoms with E-state index in [-0.39, 0.29) is 11.7 Å². The third kappa shape index (κ3) is 3.16. The van der Waals surface area contributed by atoms with E-state index in [1.165, 1.54) is 11.8 Å². The molecule has 1 saturated heterocycles. The SMILES string of the molecule is CSc1nc(-c2ccccc2N2CCC(O)CC2)c(C#N)c(=O)[nH]1. The molecule has 1 fully saturated rings. The summed E-state index contributed by atoms with van der Waals surface area (Å²) in [5, 5.41) is 19.6. The Labute approximate surface area is 144 Å². The van der Waals surface area contributed by atoms with Crippen LogP contribution in [-0.2, 0) is 0 Å². The first kappa shape index (κ1) is 16.6. The number of aliphatic hydroxyl groups excluding tert-OH is 1. The predicted molar refractivity (Wildman–Crippen MR) is 94.2 cm³/mol. The molecule has 2 N–H and O–H groups in total. The van der Waals surface area contributed by atoms with E-state index in [0.717, 1.165) is 24.3 Å². The first-order valence-electron chi connectivity index (χ1n) is 7.75. The number of nitrogens with one attached hydrogen (secondary N) is 1. The predicted octanol–water partition coefficient (Wildman–Crippen LogP) is 1.99. The molecule has 3 rings (SSSR count). The topological polar surface area (TPSA) is 93.0 Å². The monoisotopic (exact) mass is 342 g/mol. The molecule has 0 aliphatic carbocycles. The van der Waals surface area contributed by atoms with Gasteiger partial charge in [-0.25, -0.2) is 4.98 Å². The number of thioether (sulfide) groups is 1. The second-order valence-electron chi connectivity index (χ2n) is 5.65. The van der Waals surface area contributed by atoms with Gasteiger partial charge in [0, 0.05) is 24.3 Å². The van der Waals surface area contributed by atoms with Crippen LogP contribution in [0.5, 0.6) is 0 Å². The summed E-state index contributed by atoms with van der Waals surface area (Å²) in [5.41, 5.74) is 1.72. The van der Waals surface area contributed by atoms with Crippen LogP contribution in [0.15, 0.2) is 34.2 Å². The molecule has 1 aliphatic rings. The van der Waals surface area contributed by atoms with E-state index in [2.05, 4.69) is 14.9 Å². The van der Waals surface area contributed by atoms with Gasteiger partial charge < -0.3 is 15.0 Å². The van der Waals surface area contributed by atoms with Crippen LogP contribution in [-0.4, -0.2) is 40.5 Å². The summed E-state index contributed by atoms with van der Waals surface area (Å²) < 4.78 is 0. The second kappa shape index (κ2) is 7.07. The van der Waals surface area contributed by atoms with Crippen LogP contribution in [0.1, 0.15) is 18.4 Å². The lowest BCUT2D eigenvalue weighted by molar-refractivity contribution is 0.145. The average molecular weight is 342 g/mol. The van der Waals surface area contributed by atoms with Crippen LogP contribution < -0.4 is 10.5 Å². The van der Waals surface area contributed by atoms with Crippen molar-refractivity contribution in [3.05, 3.63) is 40.2 Å². The van der Waals surface area contributed by atoms with E-state index in [9.17, 15) is 15.2 Å². The number of hydrogen-bond acceptors (Lipinski definition) is 6. The highest BCUT2D eigenvalue weighted by Gasteiger charge is 2.22. The number of para-hydroxylation sites is 1. The molecule has 1 aromatic heterocycles. The van der Waals surface area contributed by atoms with Crippen molar-refractivity contribution in [2.45, 2.75) is 24.1 Å². The zero-order valence-corrected chi connectivity index (χ0v) is 14.1. The minimum atomic E-state index is -0.421. The van der Waals surface area contributed by atoms with E-state index < -0.39 is 5.56 Å². The average Bonchev–Trinajstić information content (AvgIpc) is 2.61. The maximum absolute atomic E-state index is 12.2. The Balaban J connectivity index is 2.13. The smallest absolute Gasteiger partial charge is 0.270 e. The zero-order chi connectivity index (χ0) is 17.1. The molecule has 0 amide bonds.